The fraction of sp³-hybridized carbons (Fsp3) is 0.440. The van der Waals surface area contributed by atoms with Gasteiger partial charge in [0.05, 0.1) is 19.1 Å². The van der Waals surface area contributed by atoms with Gasteiger partial charge in [-0.3, -0.25) is 9.59 Å². The minimum absolute atomic E-state index is 0.0835. The summed E-state index contributed by atoms with van der Waals surface area (Å²) in [5.74, 6) is 0.810. The van der Waals surface area contributed by atoms with E-state index in [1.807, 2.05) is 19.1 Å². The molecule has 2 aromatic carbocycles. The molecule has 1 fully saturated rings. The van der Waals surface area contributed by atoms with Crippen molar-refractivity contribution in [3.05, 3.63) is 53.6 Å². The number of methoxy groups -OCH3 is 2. The number of carbonyl (C=O) groups is 2. The van der Waals surface area contributed by atoms with Gasteiger partial charge in [-0.25, -0.2) is 8.42 Å². The molecule has 2 aromatic rings. The normalized spacial score (nSPS) is 16.6. The zero-order valence-electron chi connectivity index (χ0n) is 20.1. The van der Waals surface area contributed by atoms with Gasteiger partial charge in [-0.1, -0.05) is 24.6 Å². The molecule has 9 heteroatoms. The third-order valence-electron chi connectivity index (χ3n) is 6.12. The van der Waals surface area contributed by atoms with E-state index < -0.39 is 16.1 Å². The summed E-state index contributed by atoms with van der Waals surface area (Å²) in [5.41, 5.74) is 1.30. The van der Waals surface area contributed by atoms with Crippen molar-refractivity contribution in [3.8, 4) is 11.5 Å². The molecule has 0 radical (unpaired) electrons. The summed E-state index contributed by atoms with van der Waals surface area (Å²) >= 11 is 0. The smallest absolute Gasteiger partial charge is 0.243 e. The van der Waals surface area contributed by atoms with Crippen LogP contribution in [0.4, 0.5) is 0 Å². The van der Waals surface area contributed by atoms with Crippen molar-refractivity contribution in [2.75, 3.05) is 27.3 Å². The molecule has 8 nitrogen and oxygen atoms in total. The van der Waals surface area contributed by atoms with Crippen LogP contribution >= 0.6 is 0 Å². The van der Waals surface area contributed by atoms with E-state index in [9.17, 15) is 18.0 Å². The highest BCUT2D eigenvalue weighted by molar-refractivity contribution is 7.89. The largest absolute Gasteiger partial charge is 0.493 e. The number of likely N-dealkylation sites (N-methyl/N-ethyl adjacent to an activating group) is 1. The first-order chi connectivity index (χ1) is 16.2. The van der Waals surface area contributed by atoms with Crippen LogP contribution < -0.4 is 9.47 Å². The molecule has 0 aromatic heterocycles. The molecule has 1 atom stereocenters. The fourth-order valence-electron chi connectivity index (χ4n) is 4.19. The van der Waals surface area contributed by atoms with Crippen LogP contribution in [0.5, 0.6) is 11.5 Å². The Hall–Kier alpha value is -2.91. The van der Waals surface area contributed by atoms with E-state index in [1.54, 1.807) is 25.2 Å². The SMILES string of the molecule is CCN(Cc1ccc(OC)c(OC)c1)C(=O)C1CCCCN1S(=O)(=O)c1ccc(C(C)=O)cc1. The number of hydrogen-bond acceptors (Lipinski definition) is 6. The van der Waals surface area contributed by atoms with Gasteiger partial charge in [-0.2, -0.15) is 4.31 Å². The Labute approximate surface area is 201 Å². The summed E-state index contributed by atoms with van der Waals surface area (Å²) in [7, 11) is -0.781. The standard InChI is InChI=1S/C25H32N2O6S/c1-5-26(17-19-9-14-23(32-3)24(16-19)33-4)25(29)22-8-6-7-15-27(22)34(30,31)21-12-10-20(11-13-21)18(2)28/h9-14,16,22H,5-8,15,17H2,1-4H3. The molecule has 1 aliphatic rings. The number of rotatable bonds is 9. The number of ketones is 1. The summed E-state index contributed by atoms with van der Waals surface area (Å²) in [6.45, 7) is 4.35. The van der Waals surface area contributed by atoms with Gasteiger partial charge < -0.3 is 14.4 Å². The van der Waals surface area contributed by atoms with E-state index in [-0.39, 0.29) is 23.1 Å². The average Bonchev–Trinajstić information content (AvgIpc) is 2.86. The fourth-order valence-corrected chi connectivity index (χ4v) is 5.84. The van der Waals surface area contributed by atoms with Gasteiger partial charge in [0.2, 0.25) is 15.9 Å². The molecule has 1 aliphatic heterocycles. The van der Waals surface area contributed by atoms with Gasteiger partial charge in [-0.15, -0.1) is 0 Å². The van der Waals surface area contributed by atoms with E-state index in [0.717, 1.165) is 12.0 Å². The van der Waals surface area contributed by atoms with E-state index in [1.165, 1.54) is 35.5 Å². The molecule has 0 spiro atoms. The summed E-state index contributed by atoms with van der Waals surface area (Å²) in [6.07, 6.45) is 1.93. The van der Waals surface area contributed by atoms with Crippen molar-refractivity contribution in [2.24, 2.45) is 0 Å². The lowest BCUT2D eigenvalue weighted by atomic mass is 10.0. The van der Waals surface area contributed by atoms with Gasteiger partial charge >= 0.3 is 0 Å². The maximum Gasteiger partial charge on any atom is 0.243 e. The molecule has 1 heterocycles. The molecule has 0 aliphatic carbocycles. The van der Waals surface area contributed by atoms with Crippen molar-refractivity contribution < 1.29 is 27.5 Å². The molecule has 3 rings (SSSR count). The van der Waals surface area contributed by atoms with Gasteiger partial charge in [0, 0.05) is 25.2 Å². The second-order valence-electron chi connectivity index (χ2n) is 8.25. The number of ether oxygens (including phenoxy) is 2. The Kier molecular flexibility index (Phi) is 8.33. The van der Waals surface area contributed by atoms with E-state index >= 15 is 0 Å². The zero-order chi connectivity index (χ0) is 24.9. The van der Waals surface area contributed by atoms with E-state index in [4.69, 9.17) is 9.47 Å². The lowest BCUT2D eigenvalue weighted by Crippen LogP contribution is -2.52. The van der Waals surface area contributed by atoms with Crippen molar-refractivity contribution in [3.63, 3.8) is 0 Å². The predicted molar refractivity (Wildman–Crippen MR) is 129 cm³/mol. The Balaban J connectivity index is 1.85. The van der Waals surface area contributed by atoms with Gasteiger partial charge in [0.25, 0.3) is 0 Å². The Morgan fingerprint density at radius 1 is 1.03 bits per heavy atom. The summed E-state index contributed by atoms with van der Waals surface area (Å²) in [4.78, 5) is 26.9. The molecule has 0 N–H and O–H groups in total. The van der Waals surface area contributed by atoms with Gasteiger partial charge in [-0.05, 0) is 56.5 Å². The molecule has 1 unspecified atom stereocenters. The first-order valence-corrected chi connectivity index (χ1v) is 12.8. The molecule has 184 valence electrons. The molecule has 0 saturated carbocycles. The third-order valence-corrected chi connectivity index (χ3v) is 8.04. The highest BCUT2D eigenvalue weighted by atomic mass is 32.2. The minimum atomic E-state index is -3.89. The molecule has 1 saturated heterocycles. The number of Topliss-reactive ketones (excluding diaryl/α,β-unsaturated/α-hetero) is 1. The lowest BCUT2D eigenvalue weighted by molar-refractivity contribution is -0.136. The maximum absolute atomic E-state index is 13.6. The van der Waals surface area contributed by atoms with Crippen molar-refractivity contribution >= 4 is 21.7 Å². The Bertz CT molecular complexity index is 1130. The second kappa shape index (κ2) is 11.0. The van der Waals surface area contributed by atoms with Gasteiger partial charge in [0.1, 0.15) is 6.04 Å². The van der Waals surface area contributed by atoms with Crippen molar-refractivity contribution in [1.82, 2.24) is 9.21 Å². The monoisotopic (exact) mass is 488 g/mol. The first kappa shape index (κ1) is 25.7. The lowest BCUT2D eigenvalue weighted by Gasteiger charge is -2.36. The zero-order valence-corrected chi connectivity index (χ0v) is 20.9. The number of hydrogen-bond donors (Lipinski definition) is 0. The first-order valence-electron chi connectivity index (χ1n) is 11.4. The van der Waals surface area contributed by atoms with Crippen LogP contribution in [-0.2, 0) is 21.4 Å². The number of benzene rings is 2. The summed E-state index contributed by atoms with van der Waals surface area (Å²) in [6, 6.07) is 10.6. The van der Waals surface area contributed by atoms with Gasteiger partial charge in [0.15, 0.2) is 17.3 Å². The van der Waals surface area contributed by atoms with E-state index in [0.29, 0.717) is 43.0 Å². The molecule has 0 bridgehead atoms. The number of sulfonamides is 1. The topological polar surface area (TPSA) is 93.2 Å². The summed E-state index contributed by atoms with van der Waals surface area (Å²) in [5, 5.41) is 0. The minimum Gasteiger partial charge on any atom is -0.493 e. The quantitative estimate of drug-likeness (QED) is 0.502. The molecular formula is C25H32N2O6S. The highest BCUT2D eigenvalue weighted by Crippen LogP contribution is 2.30. The molecule has 34 heavy (non-hydrogen) atoms. The van der Waals surface area contributed by atoms with E-state index in [2.05, 4.69) is 0 Å². The Morgan fingerprint density at radius 3 is 2.29 bits per heavy atom. The van der Waals surface area contributed by atoms with Crippen LogP contribution in [-0.4, -0.2) is 62.7 Å². The number of amides is 1. The predicted octanol–water partition coefficient (Wildman–Crippen LogP) is 3.50. The number of piperidine rings is 1. The van der Waals surface area contributed by atoms with Crippen LogP contribution in [0.3, 0.4) is 0 Å². The number of carbonyl (C=O) groups excluding carboxylic acids is 2. The van der Waals surface area contributed by atoms with Crippen LogP contribution in [0, 0.1) is 0 Å². The van der Waals surface area contributed by atoms with Crippen LogP contribution in [0.25, 0.3) is 0 Å². The maximum atomic E-state index is 13.6. The van der Waals surface area contributed by atoms with Crippen LogP contribution in [0.2, 0.25) is 0 Å². The second-order valence-corrected chi connectivity index (χ2v) is 10.1. The average molecular weight is 489 g/mol. The van der Waals surface area contributed by atoms with Crippen LogP contribution in [0.1, 0.15) is 49.0 Å². The molecular weight excluding hydrogens is 456 g/mol. The summed E-state index contributed by atoms with van der Waals surface area (Å²) < 4.78 is 38.9. The van der Waals surface area contributed by atoms with Crippen LogP contribution in [0.15, 0.2) is 47.4 Å². The third kappa shape index (κ3) is 5.42. The number of nitrogens with zero attached hydrogens (tertiary/aromatic N) is 2. The van der Waals surface area contributed by atoms with Crippen molar-refractivity contribution in [1.29, 1.82) is 0 Å². The molecule has 1 amide bonds. The Morgan fingerprint density at radius 2 is 1.71 bits per heavy atom. The highest BCUT2D eigenvalue weighted by Gasteiger charge is 2.39. The van der Waals surface area contributed by atoms with Crippen molar-refractivity contribution in [2.45, 2.75) is 50.6 Å².